The van der Waals surface area contributed by atoms with Gasteiger partial charge in [-0.1, -0.05) is 11.6 Å². The molecule has 2 heterocycles. The van der Waals surface area contributed by atoms with Crippen molar-refractivity contribution in [3.63, 3.8) is 0 Å². The Bertz CT molecular complexity index is 583. The molecule has 1 fully saturated rings. The van der Waals surface area contributed by atoms with Gasteiger partial charge in [0.25, 0.3) is 0 Å². The van der Waals surface area contributed by atoms with Crippen LogP contribution in [0.15, 0.2) is 14.1 Å². The van der Waals surface area contributed by atoms with Crippen LogP contribution in [0, 0.1) is 0 Å². The van der Waals surface area contributed by atoms with Gasteiger partial charge in [-0.15, -0.1) is 11.3 Å². The highest BCUT2D eigenvalue weighted by atomic mass is 79.9. The third-order valence-electron chi connectivity index (χ3n) is 3.65. The quantitative estimate of drug-likeness (QED) is 0.819. The van der Waals surface area contributed by atoms with E-state index in [0.29, 0.717) is 8.81 Å². The first-order chi connectivity index (χ1) is 9.59. The van der Waals surface area contributed by atoms with Gasteiger partial charge in [0.05, 0.1) is 8.81 Å². The zero-order valence-corrected chi connectivity index (χ0v) is 16.3. The van der Waals surface area contributed by atoms with Crippen LogP contribution < -0.4 is 4.72 Å². The molecule has 0 aromatic carbocycles. The first-order valence-electron chi connectivity index (χ1n) is 6.82. The Kier molecular flexibility index (Phi) is 5.43. The van der Waals surface area contributed by atoms with Crippen molar-refractivity contribution in [2.75, 3.05) is 13.1 Å². The molecule has 0 bridgehead atoms. The van der Waals surface area contributed by atoms with Gasteiger partial charge < -0.3 is 0 Å². The number of halogens is 2. The molecule has 21 heavy (non-hydrogen) atoms. The average Bonchev–Trinajstić information content (AvgIpc) is 2.69. The SMILES string of the molecule is CC(C)(C)N1CCC(NS(=O)(=O)c2cc(Cl)c(Br)s2)CC1. The number of rotatable bonds is 3. The molecule has 1 aliphatic heterocycles. The summed E-state index contributed by atoms with van der Waals surface area (Å²) in [5.41, 5.74) is 0.135. The molecule has 8 heteroatoms. The number of hydrogen-bond acceptors (Lipinski definition) is 4. The highest BCUT2D eigenvalue weighted by Crippen LogP contribution is 2.34. The van der Waals surface area contributed by atoms with E-state index in [1.54, 1.807) is 0 Å². The van der Waals surface area contributed by atoms with Crippen LogP contribution in [0.4, 0.5) is 0 Å². The van der Waals surface area contributed by atoms with Gasteiger partial charge in [0.15, 0.2) is 0 Å². The van der Waals surface area contributed by atoms with Crippen LogP contribution in [0.25, 0.3) is 0 Å². The summed E-state index contributed by atoms with van der Waals surface area (Å²) < 4.78 is 28.4. The van der Waals surface area contributed by atoms with Crippen molar-refractivity contribution in [2.45, 2.75) is 49.4 Å². The zero-order chi connectivity index (χ0) is 15.8. The summed E-state index contributed by atoms with van der Waals surface area (Å²) in [7, 11) is -3.48. The molecule has 1 aromatic rings. The third-order valence-corrected chi connectivity index (χ3v) is 8.12. The Balaban J connectivity index is 2.00. The van der Waals surface area contributed by atoms with E-state index in [0.717, 1.165) is 37.3 Å². The summed E-state index contributed by atoms with van der Waals surface area (Å²) in [5.74, 6) is 0. The molecule has 0 atom stereocenters. The molecular formula is C13H20BrClN2O2S2. The number of sulfonamides is 1. The standard InChI is InChI=1S/C13H20BrClN2O2S2/c1-13(2,3)17-6-4-9(5-7-17)16-21(18,19)11-8-10(15)12(14)20-11/h8-9,16H,4-7H2,1-3H3. The van der Waals surface area contributed by atoms with E-state index in [9.17, 15) is 8.42 Å². The summed E-state index contributed by atoms with van der Waals surface area (Å²) in [6, 6.07) is 1.48. The second-order valence-corrected chi connectivity index (χ2v) is 11.0. The summed E-state index contributed by atoms with van der Waals surface area (Å²) in [5, 5.41) is 0.433. The smallest absolute Gasteiger partial charge is 0.250 e. The summed E-state index contributed by atoms with van der Waals surface area (Å²) in [6.45, 7) is 8.37. The minimum atomic E-state index is -3.48. The van der Waals surface area contributed by atoms with E-state index in [1.807, 2.05) is 0 Å². The van der Waals surface area contributed by atoms with Gasteiger partial charge in [-0.3, -0.25) is 4.90 Å². The van der Waals surface area contributed by atoms with Crippen LogP contribution in [0.1, 0.15) is 33.6 Å². The maximum absolute atomic E-state index is 12.4. The second-order valence-electron chi connectivity index (χ2n) is 6.24. The van der Waals surface area contributed by atoms with E-state index in [-0.39, 0.29) is 15.8 Å². The van der Waals surface area contributed by atoms with Gasteiger partial charge in [0.1, 0.15) is 4.21 Å². The molecule has 1 aliphatic rings. The molecule has 1 aromatic heterocycles. The first kappa shape index (κ1) is 17.7. The van der Waals surface area contributed by atoms with Crippen LogP contribution in [0.3, 0.4) is 0 Å². The molecule has 0 unspecified atom stereocenters. The number of piperidine rings is 1. The fourth-order valence-corrected chi connectivity index (χ4v) is 6.12. The predicted octanol–water partition coefficient (Wildman–Crippen LogP) is 3.71. The van der Waals surface area contributed by atoms with Gasteiger partial charge in [0, 0.05) is 24.7 Å². The highest BCUT2D eigenvalue weighted by molar-refractivity contribution is 9.11. The predicted molar refractivity (Wildman–Crippen MR) is 91.7 cm³/mol. The van der Waals surface area contributed by atoms with Crippen molar-refractivity contribution in [1.29, 1.82) is 0 Å². The Morgan fingerprint density at radius 3 is 2.38 bits per heavy atom. The maximum Gasteiger partial charge on any atom is 0.250 e. The van der Waals surface area contributed by atoms with E-state index >= 15 is 0 Å². The topological polar surface area (TPSA) is 49.4 Å². The average molecular weight is 416 g/mol. The molecule has 0 saturated carbocycles. The molecule has 4 nitrogen and oxygen atoms in total. The minimum Gasteiger partial charge on any atom is -0.298 e. The monoisotopic (exact) mass is 414 g/mol. The number of thiophene rings is 1. The van der Waals surface area contributed by atoms with Gasteiger partial charge in [-0.05, 0) is 55.6 Å². The van der Waals surface area contributed by atoms with Crippen molar-refractivity contribution in [2.24, 2.45) is 0 Å². The van der Waals surface area contributed by atoms with Crippen molar-refractivity contribution < 1.29 is 8.42 Å². The van der Waals surface area contributed by atoms with Crippen LogP contribution in [0.2, 0.25) is 5.02 Å². The molecule has 1 saturated heterocycles. The lowest BCUT2D eigenvalue weighted by Gasteiger charge is -2.40. The Morgan fingerprint density at radius 2 is 1.95 bits per heavy atom. The maximum atomic E-state index is 12.4. The molecular weight excluding hydrogens is 396 g/mol. The zero-order valence-electron chi connectivity index (χ0n) is 12.3. The van der Waals surface area contributed by atoms with Crippen molar-refractivity contribution in [3.8, 4) is 0 Å². The lowest BCUT2D eigenvalue weighted by atomic mass is 9.99. The van der Waals surface area contributed by atoms with E-state index in [1.165, 1.54) is 6.07 Å². The van der Waals surface area contributed by atoms with Gasteiger partial charge in [-0.25, -0.2) is 13.1 Å². The number of likely N-dealkylation sites (tertiary alicyclic amines) is 1. The van der Waals surface area contributed by atoms with Crippen molar-refractivity contribution in [1.82, 2.24) is 9.62 Å². The van der Waals surface area contributed by atoms with E-state index < -0.39 is 10.0 Å². The molecule has 0 spiro atoms. The Hall–Kier alpha value is 0.340. The van der Waals surface area contributed by atoms with Crippen LogP contribution in [-0.2, 0) is 10.0 Å². The normalized spacial score (nSPS) is 19.1. The number of nitrogens with zero attached hydrogens (tertiary/aromatic N) is 1. The minimum absolute atomic E-state index is 0.00625. The fraction of sp³-hybridized carbons (Fsp3) is 0.692. The van der Waals surface area contributed by atoms with E-state index in [4.69, 9.17) is 11.6 Å². The second kappa shape index (κ2) is 6.45. The number of hydrogen-bond donors (Lipinski definition) is 1. The summed E-state index contributed by atoms with van der Waals surface area (Å²) >= 11 is 10.3. The third kappa shape index (κ3) is 4.42. The molecule has 120 valence electrons. The lowest BCUT2D eigenvalue weighted by Crippen LogP contribution is -2.50. The Morgan fingerprint density at radius 1 is 1.38 bits per heavy atom. The highest BCUT2D eigenvalue weighted by Gasteiger charge is 2.30. The number of nitrogens with one attached hydrogen (secondary N) is 1. The van der Waals surface area contributed by atoms with Gasteiger partial charge in [0.2, 0.25) is 10.0 Å². The molecule has 0 aliphatic carbocycles. The summed E-state index contributed by atoms with van der Waals surface area (Å²) in [4.78, 5) is 2.39. The van der Waals surface area contributed by atoms with Gasteiger partial charge in [-0.2, -0.15) is 0 Å². The van der Waals surface area contributed by atoms with Crippen LogP contribution in [0.5, 0.6) is 0 Å². The largest absolute Gasteiger partial charge is 0.298 e. The van der Waals surface area contributed by atoms with Crippen molar-refractivity contribution in [3.05, 3.63) is 14.9 Å². The fourth-order valence-electron chi connectivity index (χ4n) is 2.40. The van der Waals surface area contributed by atoms with Gasteiger partial charge >= 0.3 is 0 Å². The Labute approximate surface area is 144 Å². The van der Waals surface area contributed by atoms with Crippen LogP contribution in [-0.4, -0.2) is 38.0 Å². The van der Waals surface area contributed by atoms with E-state index in [2.05, 4.69) is 46.3 Å². The molecule has 2 rings (SSSR count). The van der Waals surface area contributed by atoms with Crippen molar-refractivity contribution >= 4 is 48.9 Å². The first-order valence-corrected chi connectivity index (χ1v) is 10.3. The molecule has 0 radical (unpaired) electrons. The summed E-state index contributed by atoms with van der Waals surface area (Å²) in [6.07, 6.45) is 1.66. The molecule has 1 N–H and O–H groups in total. The lowest BCUT2D eigenvalue weighted by molar-refractivity contribution is 0.100. The van der Waals surface area contributed by atoms with Crippen LogP contribution >= 0.6 is 38.9 Å². The molecule has 0 amide bonds.